The van der Waals surface area contributed by atoms with Gasteiger partial charge < -0.3 is 10.6 Å². The van der Waals surface area contributed by atoms with Crippen LogP contribution in [0.1, 0.15) is 22.7 Å². The number of amides is 2. The zero-order valence-electron chi connectivity index (χ0n) is 14.6. The van der Waals surface area contributed by atoms with Gasteiger partial charge in [-0.15, -0.1) is 0 Å². The maximum Gasteiger partial charge on any atom is 0.238 e. The summed E-state index contributed by atoms with van der Waals surface area (Å²) >= 11 is 0. The molecule has 1 fully saturated rings. The molecule has 1 atom stereocenters. The molecule has 0 aromatic heterocycles. The Hall–Kier alpha value is -2.66. The van der Waals surface area contributed by atoms with Crippen LogP contribution < -0.4 is 10.6 Å². The second-order valence-electron chi connectivity index (χ2n) is 6.43. The van der Waals surface area contributed by atoms with Crippen molar-refractivity contribution in [2.45, 2.75) is 19.9 Å². The fourth-order valence-corrected chi connectivity index (χ4v) is 3.12. The normalized spacial score (nSPS) is 17.8. The number of piperazine rings is 1. The molecule has 2 aromatic carbocycles. The van der Waals surface area contributed by atoms with Gasteiger partial charge in [-0.25, -0.2) is 0 Å². The SMILES string of the molecule is Cc1cccc(NC(=O)CN2CC(=O)NC[C@H]2c2ccccc2)c1C. The first-order valence-corrected chi connectivity index (χ1v) is 8.46. The van der Waals surface area contributed by atoms with E-state index in [9.17, 15) is 9.59 Å². The van der Waals surface area contributed by atoms with E-state index < -0.39 is 0 Å². The van der Waals surface area contributed by atoms with Crippen molar-refractivity contribution in [2.24, 2.45) is 0 Å². The smallest absolute Gasteiger partial charge is 0.238 e. The van der Waals surface area contributed by atoms with E-state index in [1.54, 1.807) is 0 Å². The van der Waals surface area contributed by atoms with Gasteiger partial charge in [0.15, 0.2) is 0 Å². The summed E-state index contributed by atoms with van der Waals surface area (Å²) in [6, 6.07) is 15.8. The Labute approximate surface area is 148 Å². The van der Waals surface area contributed by atoms with E-state index in [-0.39, 0.29) is 30.9 Å². The van der Waals surface area contributed by atoms with Crippen LogP contribution in [0.4, 0.5) is 5.69 Å². The lowest BCUT2D eigenvalue weighted by Gasteiger charge is -2.35. The van der Waals surface area contributed by atoms with Crippen LogP contribution in [-0.2, 0) is 9.59 Å². The third-order valence-electron chi connectivity index (χ3n) is 4.69. The Balaban J connectivity index is 1.73. The maximum absolute atomic E-state index is 12.5. The van der Waals surface area contributed by atoms with E-state index in [2.05, 4.69) is 10.6 Å². The van der Waals surface area contributed by atoms with E-state index in [1.807, 2.05) is 67.3 Å². The molecule has 5 heteroatoms. The van der Waals surface area contributed by atoms with Crippen LogP contribution in [0.2, 0.25) is 0 Å². The number of aryl methyl sites for hydroxylation is 1. The molecule has 3 rings (SSSR count). The molecule has 2 amide bonds. The lowest BCUT2D eigenvalue weighted by Crippen LogP contribution is -2.51. The zero-order valence-corrected chi connectivity index (χ0v) is 14.6. The summed E-state index contributed by atoms with van der Waals surface area (Å²) < 4.78 is 0. The van der Waals surface area contributed by atoms with Gasteiger partial charge in [0, 0.05) is 12.2 Å². The van der Waals surface area contributed by atoms with Crippen molar-refractivity contribution in [1.82, 2.24) is 10.2 Å². The van der Waals surface area contributed by atoms with E-state index in [4.69, 9.17) is 0 Å². The minimum absolute atomic E-state index is 0.00302. The molecule has 25 heavy (non-hydrogen) atoms. The monoisotopic (exact) mass is 337 g/mol. The lowest BCUT2D eigenvalue weighted by atomic mass is 10.0. The summed E-state index contributed by atoms with van der Waals surface area (Å²) in [5.74, 6) is -0.156. The molecule has 0 radical (unpaired) electrons. The third kappa shape index (κ3) is 4.06. The van der Waals surface area contributed by atoms with E-state index in [0.29, 0.717) is 6.54 Å². The minimum atomic E-state index is -0.107. The van der Waals surface area contributed by atoms with E-state index in [1.165, 1.54) is 0 Å². The highest BCUT2D eigenvalue weighted by atomic mass is 16.2. The van der Waals surface area contributed by atoms with Crippen molar-refractivity contribution in [2.75, 3.05) is 25.0 Å². The molecular weight excluding hydrogens is 314 g/mol. The first-order valence-electron chi connectivity index (χ1n) is 8.46. The molecule has 5 nitrogen and oxygen atoms in total. The first-order chi connectivity index (χ1) is 12.0. The number of hydrogen-bond donors (Lipinski definition) is 2. The Kier molecular flexibility index (Phi) is 5.14. The molecule has 1 saturated heterocycles. The summed E-state index contributed by atoms with van der Waals surface area (Å²) in [6.45, 7) is 4.93. The van der Waals surface area contributed by atoms with E-state index in [0.717, 1.165) is 22.4 Å². The lowest BCUT2D eigenvalue weighted by molar-refractivity contribution is -0.127. The number of hydrogen-bond acceptors (Lipinski definition) is 3. The highest BCUT2D eigenvalue weighted by Gasteiger charge is 2.29. The largest absolute Gasteiger partial charge is 0.353 e. The predicted molar refractivity (Wildman–Crippen MR) is 98.3 cm³/mol. The molecule has 0 aliphatic carbocycles. The van der Waals surface area contributed by atoms with Crippen molar-refractivity contribution in [3.05, 3.63) is 65.2 Å². The van der Waals surface area contributed by atoms with Crippen molar-refractivity contribution >= 4 is 17.5 Å². The van der Waals surface area contributed by atoms with Gasteiger partial charge in [0.1, 0.15) is 0 Å². The number of anilines is 1. The maximum atomic E-state index is 12.5. The van der Waals surface area contributed by atoms with Crippen molar-refractivity contribution in [3.8, 4) is 0 Å². The fourth-order valence-electron chi connectivity index (χ4n) is 3.12. The molecule has 2 N–H and O–H groups in total. The molecule has 1 heterocycles. The van der Waals surface area contributed by atoms with Crippen molar-refractivity contribution in [3.63, 3.8) is 0 Å². The van der Waals surface area contributed by atoms with Gasteiger partial charge in [0.2, 0.25) is 11.8 Å². The van der Waals surface area contributed by atoms with Crippen molar-refractivity contribution in [1.29, 1.82) is 0 Å². The quantitative estimate of drug-likeness (QED) is 0.901. The Morgan fingerprint density at radius 3 is 2.68 bits per heavy atom. The summed E-state index contributed by atoms with van der Waals surface area (Å²) in [5.41, 5.74) is 4.12. The van der Waals surface area contributed by atoms with Gasteiger partial charge in [-0.2, -0.15) is 0 Å². The van der Waals surface area contributed by atoms with Crippen LogP contribution >= 0.6 is 0 Å². The van der Waals surface area contributed by atoms with E-state index >= 15 is 0 Å². The van der Waals surface area contributed by atoms with Crippen LogP contribution in [0.3, 0.4) is 0 Å². The van der Waals surface area contributed by atoms with Gasteiger partial charge in [-0.3, -0.25) is 14.5 Å². The summed E-state index contributed by atoms with van der Waals surface area (Å²) in [5, 5.41) is 5.86. The van der Waals surface area contributed by atoms with Crippen LogP contribution in [0, 0.1) is 13.8 Å². The molecule has 1 aliphatic rings. The predicted octanol–water partition coefficient (Wildman–Crippen LogP) is 2.42. The molecular formula is C20H23N3O2. The molecule has 1 aliphatic heterocycles. The Bertz CT molecular complexity index is 774. The van der Waals surface area contributed by atoms with Crippen molar-refractivity contribution < 1.29 is 9.59 Å². The van der Waals surface area contributed by atoms with Crippen LogP contribution in [0.5, 0.6) is 0 Å². The number of nitrogens with zero attached hydrogens (tertiary/aromatic N) is 1. The first kappa shape index (κ1) is 17.2. The summed E-state index contributed by atoms with van der Waals surface area (Å²) in [6.07, 6.45) is 0. The number of benzene rings is 2. The zero-order chi connectivity index (χ0) is 17.8. The highest BCUT2D eigenvalue weighted by Crippen LogP contribution is 2.23. The molecule has 0 bridgehead atoms. The number of rotatable bonds is 4. The average Bonchev–Trinajstić information content (AvgIpc) is 2.60. The highest BCUT2D eigenvalue weighted by molar-refractivity contribution is 5.93. The fraction of sp³-hybridized carbons (Fsp3) is 0.300. The second-order valence-corrected chi connectivity index (χ2v) is 6.43. The number of carbonyl (C=O) groups is 2. The second kappa shape index (κ2) is 7.49. The van der Waals surface area contributed by atoms with Gasteiger partial charge in [0.05, 0.1) is 19.1 Å². The molecule has 0 unspecified atom stereocenters. The Morgan fingerprint density at radius 2 is 1.92 bits per heavy atom. The molecule has 2 aromatic rings. The molecule has 130 valence electrons. The summed E-state index contributed by atoms with van der Waals surface area (Å²) in [7, 11) is 0. The van der Waals surface area contributed by atoms with Gasteiger partial charge >= 0.3 is 0 Å². The standard InChI is InChI=1S/C20H23N3O2/c1-14-7-6-10-17(15(14)2)22-20(25)13-23-12-19(24)21-11-18(23)16-8-4-3-5-9-16/h3-10,18H,11-13H2,1-2H3,(H,21,24)(H,22,25)/t18-/m0/s1. The minimum Gasteiger partial charge on any atom is -0.353 e. The number of carbonyl (C=O) groups excluding carboxylic acids is 2. The average molecular weight is 337 g/mol. The van der Waals surface area contributed by atoms with Crippen LogP contribution in [-0.4, -0.2) is 36.3 Å². The third-order valence-corrected chi connectivity index (χ3v) is 4.69. The molecule has 0 saturated carbocycles. The van der Waals surface area contributed by atoms with Gasteiger partial charge in [-0.05, 0) is 36.6 Å². The van der Waals surface area contributed by atoms with Crippen LogP contribution in [0.25, 0.3) is 0 Å². The van der Waals surface area contributed by atoms with Gasteiger partial charge in [-0.1, -0.05) is 42.5 Å². The topological polar surface area (TPSA) is 61.4 Å². The van der Waals surface area contributed by atoms with Gasteiger partial charge in [0.25, 0.3) is 0 Å². The summed E-state index contributed by atoms with van der Waals surface area (Å²) in [4.78, 5) is 26.3. The Morgan fingerprint density at radius 1 is 1.16 bits per heavy atom. The van der Waals surface area contributed by atoms with Crippen LogP contribution in [0.15, 0.2) is 48.5 Å². The number of nitrogens with one attached hydrogen (secondary N) is 2. The molecule has 0 spiro atoms.